The fourth-order valence-electron chi connectivity index (χ4n) is 14.5. The number of hydrogen-bond donors (Lipinski definition) is 1. The fourth-order valence-corrected chi connectivity index (χ4v) is 24.8. The van der Waals surface area contributed by atoms with E-state index in [1.807, 2.05) is 53.1 Å². The SMILES string of the molecule is CC[Si](CC)(CC)O[C@H]([C@H](O[Si](CC)(CC)CC)C(=O)NCC[C@H](C)c1nc(/C=C/C[C@@H]2O[C@]3(C[C@@H](O[Si](C)(C)C(C)(C)C)[C@@H]2C)O[C@H]([C@H](C[C@@H]2OC(C)(C)O[C@H]([C@H](C)/C=C(C)/C(C)=C/C=C/C(C)=C\C#N)[C@H]2C)OC)[C@H](OP(=O)(OCC[Si](C)(C)C)OCC[Si](C)(C)C)C3(C)C)co1)[C@H](COC)N(C)C. The van der Waals surface area contributed by atoms with E-state index in [1.165, 1.54) is 6.08 Å². The van der Waals surface area contributed by atoms with Crippen LogP contribution in [0.5, 0.6) is 0 Å². The third kappa shape index (κ3) is 26.9. The molecule has 19 nitrogen and oxygen atoms in total. The van der Waals surface area contributed by atoms with E-state index in [-0.39, 0.29) is 72.2 Å². The number of oxazole rings is 1. The van der Waals surface area contributed by atoms with E-state index in [2.05, 4.69) is 205 Å². The largest absolute Gasteiger partial charge is 0.475 e. The van der Waals surface area contributed by atoms with Crippen molar-refractivity contribution < 1.29 is 69.0 Å². The molecule has 1 N–H and O–H groups in total. The minimum absolute atomic E-state index is 0.0174. The van der Waals surface area contributed by atoms with Gasteiger partial charge < -0.3 is 56.3 Å². The number of likely N-dealkylation sites (N-methyl/N-ethyl adjacent to an activating group) is 1. The molecular formula is C81H151N4O15PSi5. The molecule has 4 heterocycles. The molecule has 1 aromatic rings. The van der Waals surface area contributed by atoms with Crippen LogP contribution in [0.4, 0.5) is 0 Å². The standard InChI is InChI=1S/C81H151N4O15PSi5/c1-33-105(34-2,35-3)99-72(66(57-88-23)85(21)22)74(100-106(36-4,37-5)38-6)76(86)83-48-46-60(9)77-84-65(56-90-77)43-40-44-67-63(12)70(98-104(31,32)78(14,15)16)55-81(94-67)79(17,18)75(97-101(87,91-49-51-102(25,26)27)92-50-52-103(28,29)30)73(96-81)69(89-24)54-68-64(13)71(95-80(19,20)93-68)62(11)53-61(10)59(8)42-39-41-58(7)45-47-82/h39-43,45,53,56,60,62-64,66-75H,33-38,44,46,48-52,54-55,57H2,1-32H3,(H,83,86)/b41-39+,43-40+,58-45-,59-42+,61-53+/t60-,62+,63+,64-,66-,67-,68-,69-,70+,71+,72-,73+,74-,75-,81+/m0/s1. The minimum atomic E-state index is -4.33. The van der Waals surface area contributed by atoms with Crippen LogP contribution in [0.25, 0.3) is 6.08 Å². The molecule has 610 valence electrons. The third-order valence-corrected chi connectivity index (χ3v) is 42.5. The Bertz CT molecular complexity index is 3080. The van der Waals surface area contributed by atoms with Gasteiger partial charge in [0.05, 0.1) is 68.6 Å². The Morgan fingerprint density at radius 2 is 1.39 bits per heavy atom. The summed E-state index contributed by atoms with van der Waals surface area (Å²) in [6.45, 7) is 62.4. The summed E-state index contributed by atoms with van der Waals surface area (Å²) < 4.78 is 106. The van der Waals surface area contributed by atoms with E-state index in [0.717, 1.165) is 65.1 Å². The summed E-state index contributed by atoms with van der Waals surface area (Å²) in [7, 11) is -7.26. The molecule has 0 aromatic carbocycles. The van der Waals surface area contributed by atoms with Gasteiger partial charge >= 0.3 is 7.82 Å². The van der Waals surface area contributed by atoms with E-state index < -0.39 is 103 Å². The molecule has 3 fully saturated rings. The van der Waals surface area contributed by atoms with Crippen molar-refractivity contribution in [3.63, 3.8) is 0 Å². The van der Waals surface area contributed by atoms with Crippen LogP contribution in [0.2, 0.25) is 106 Å². The minimum Gasteiger partial charge on any atom is -0.448 e. The average molecular weight is 1590 g/mol. The summed E-state index contributed by atoms with van der Waals surface area (Å²) in [6.07, 6.45) is 12.1. The van der Waals surface area contributed by atoms with Crippen molar-refractivity contribution in [2.75, 3.05) is 54.7 Å². The molecule has 3 saturated heterocycles. The lowest BCUT2D eigenvalue weighted by Gasteiger charge is -2.53. The normalized spacial score (nSPS) is 25.9. The van der Waals surface area contributed by atoms with Gasteiger partial charge in [-0.1, -0.05) is 179 Å². The molecular weight excluding hydrogens is 1440 g/mol. The lowest BCUT2D eigenvalue weighted by molar-refractivity contribution is -0.339. The van der Waals surface area contributed by atoms with Gasteiger partial charge in [0, 0.05) is 84.9 Å². The number of phosphoric ester groups is 1. The van der Waals surface area contributed by atoms with Crippen molar-refractivity contribution in [1.29, 1.82) is 5.26 Å². The van der Waals surface area contributed by atoms with Crippen LogP contribution in [0.1, 0.15) is 182 Å². The van der Waals surface area contributed by atoms with E-state index in [9.17, 15) is 4.79 Å². The number of nitrogens with zero attached hydrogens (tertiary/aromatic N) is 3. The number of methoxy groups -OCH3 is 2. The van der Waals surface area contributed by atoms with Crippen molar-refractivity contribution in [3.8, 4) is 6.07 Å². The molecule has 0 unspecified atom stereocenters. The lowest BCUT2D eigenvalue weighted by Crippen LogP contribution is -2.61. The second-order valence-corrected chi connectivity index (χ2v) is 63.3. The van der Waals surface area contributed by atoms with Gasteiger partial charge in [0.2, 0.25) is 0 Å². The number of allylic oxidation sites excluding steroid dienone is 7. The molecule has 3 aliphatic rings. The van der Waals surface area contributed by atoms with Crippen LogP contribution < -0.4 is 5.32 Å². The maximum Gasteiger partial charge on any atom is 0.475 e. The summed E-state index contributed by atoms with van der Waals surface area (Å²) in [6, 6.07) is 8.91. The molecule has 3 aliphatic heterocycles. The second kappa shape index (κ2) is 41.1. The first-order valence-corrected chi connectivity index (χ1v) is 56.9. The predicted molar refractivity (Wildman–Crippen MR) is 446 cm³/mol. The Hall–Kier alpha value is -2.34. The topological polar surface area (TPSA) is 210 Å². The lowest BCUT2D eigenvalue weighted by atomic mass is 9.72. The van der Waals surface area contributed by atoms with E-state index in [4.69, 9.17) is 69.9 Å². The molecule has 15 atom stereocenters. The number of amides is 1. The van der Waals surface area contributed by atoms with Gasteiger partial charge in [0.15, 0.2) is 48.5 Å². The van der Waals surface area contributed by atoms with E-state index in [0.29, 0.717) is 50.4 Å². The summed E-state index contributed by atoms with van der Waals surface area (Å²) in [4.78, 5) is 22.1. The highest BCUT2D eigenvalue weighted by molar-refractivity contribution is 7.48. The number of carbonyl (C=O) groups is 1. The molecule has 0 aliphatic carbocycles. The van der Waals surface area contributed by atoms with Crippen LogP contribution in [0, 0.1) is 34.5 Å². The highest BCUT2D eigenvalue weighted by Crippen LogP contribution is 2.63. The first kappa shape index (κ1) is 96.0. The van der Waals surface area contributed by atoms with Crippen LogP contribution in [-0.4, -0.2) is 184 Å². The van der Waals surface area contributed by atoms with Gasteiger partial charge in [-0.15, -0.1) is 0 Å². The zero-order valence-corrected chi connectivity index (χ0v) is 78.3. The van der Waals surface area contributed by atoms with Crippen LogP contribution in [-0.2, 0) is 64.6 Å². The molecule has 0 bridgehead atoms. The fraction of sp³-hybridized carbons (Fsp3) is 0.815. The monoisotopic (exact) mass is 1590 g/mol. The highest BCUT2D eigenvalue weighted by Gasteiger charge is 2.69. The van der Waals surface area contributed by atoms with Crippen molar-refractivity contribution in [2.24, 2.45) is 23.2 Å². The van der Waals surface area contributed by atoms with Gasteiger partial charge in [-0.25, -0.2) is 9.55 Å². The summed E-state index contributed by atoms with van der Waals surface area (Å²) in [5.74, 6) is -2.31. The third-order valence-electron chi connectivity index (χ3n) is 23.8. The number of nitrogens with one attached hydrogen (secondary N) is 1. The first-order chi connectivity index (χ1) is 49.1. The van der Waals surface area contributed by atoms with Crippen molar-refractivity contribution in [1.82, 2.24) is 15.2 Å². The van der Waals surface area contributed by atoms with Gasteiger partial charge in [-0.2, -0.15) is 5.26 Å². The summed E-state index contributed by atoms with van der Waals surface area (Å²) in [5, 5.41) is 12.3. The second-order valence-electron chi connectivity index (χ2n) is 36.2. The zero-order chi connectivity index (χ0) is 80.4. The molecule has 0 saturated carbocycles. The first-order valence-electron chi connectivity index (χ1n) is 40.1. The van der Waals surface area contributed by atoms with Crippen molar-refractivity contribution in [2.45, 2.75) is 348 Å². The van der Waals surface area contributed by atoms with Gasteiger partial charge in [-0.3, -0.25) is 18.4 Å². The zero-order valence-electron chi connectivity index (χ0n) is 72.4. The molecule has 1 aromatic heterocycles. The number of rotatable bonds is 44. The van der Waals surface area contributed by atoms with Crippen LogP contribution >= 0.6 is 7.82 Å². The Morgan fingerprint density at radius 1 is 0.811 bits per heavy atom. The van der Waals surface area contributed by atoms with Crippen LogP contribution in [0.15, 0.2) is 63.9 Å². The van der Waals surface area contributed by atoms with Crippen molar-refractivity contribution in [3.05, 3.63) is 71.0 Å². The number of ether oxygens (including phenoxy) is 6. The Kier molecular flexibility index (Phi) is 37.2. The molecule has 0 radical (unpaired) electrons. The molecule has 25 heteroatoms. The quantitative estimate of drug-likeness (QED) is 0.0279. The average Bonchev–Trinajstić information content (AvgIpc) is 1.53. The maximum absolute atomic E-state index is 15.9. The predicted octanol–water partition coefficient (Wildman–Crippen LogP) is 20.3. The van der Waals surface area contributed by atoms with E-state index >= 15 is 4.57 Å². The number of aromatic nitrogens is 1. The Morgan fingerprint density at radius 3 is 1.91 bits per heavy atom. The molecule has 106 heavy (non-hydrogen) atoms. The Balaban J connectivity index is 1.81. The molecule has 1 spiro atoms. The van der Waals surface area contributed by atoms with Gasteiger partial charge in [0.25, 0.3) is 5.91 Å². The van der Waals surface area contributed by atoms with Crippen molar-refractivity contribution >= 4 is 60.9 Å². The molecule has 4 rings (SSSR count). The Labute approximate surface area is 649 Å². The number of hydrogen-bond acceptors (Lipinski definition) is 18. The summed E-state index contributed by atoms with van der Waals surface area (Å²) in [5.41, 5.74) is 2.72. The number of carbonyl (C=O) groups excluding carboxylic acids is 1. The summed E-state index contributed by atoms with van der Waals surface area (Å²) >= 11 is 0. The van der Waals surface area contributed by atoms with Gasteiger partial charge in [-0.05, 0) is 145 Å². The maximum atomic E-state index is 15.9. The van der Waals surface area contributed by atoms with Crippen LogP contribution in [0.3, 0.4) is 0 Å². The van der Waals surface area contributed by atoms with Gasteiger partial charge in [0.1, 0.15) is 24.2 Å². The molecule has 1 amide bonds. The number of nitriles is 1. The number of phosphoric acid groups is 1. The van der Waals surface area contributed by atoms with E-state index in [1.54, 1.807) is 20.5 Å². The highest BCUT2D eigenvalue weighted by atomic mass is 31.2. The smallest absolute Gasteiger partial charge is 0.448 e.